The molecule has 4 nitrogen and oxygen atoms in total. The summed E-state index contributed by atoms with van der Waals surface area (Å²) >= 11 is 0. The van der Waals surface area contributed by atoms with E-state index in [1.54, 1.807) is 4.90 Å². The summed E-state index contributed by atoms with van der Waals surface area (Å²) in [4.78, 5) is 25.6. The van der Waals surface area contributed by atoms with Crippen molar-refractivity contribution in [1.82, 2.24) is 4.90 Å². The molecule has 3 unspecified atom stereocenters. The first-order chi connectivity index (χ1) is 9.15. The lowest BCUT2D eigenvalue weighted by Crippen LogP contribution is -2.57. The van der Waals surface area contributed by atoms with E-state index in [1.807, 2.05) is 0 Å². The Labute approximate surface area is 115 Å². The third-order valence-corrected chi connectivity index (χ3v) is 4.69. The van der Waals surface area contributed by atoms with Crippen LogP contribution in [-0.4, -0.2) is 34.0 Å². The molecule has 0 aromatic heterocycles. The Hall–Kier alpha value is -1.06. The van der Waals surface area contributed by atoms with Crippen LogP contribution in [0.1, 0.15) is 64.7 Å². The molecule has 1 aliphatic carbocycles. The fraction of sp³-hybridized carbons (Fsp3) is 0.867. The molecule has 2 fully saturated rings. The first-order valence-corrected chi connectivity index (χ1v) is 7.69. The lowest BCUT2D eigenvalue weighted by atomic mass is 9.76. The number of unbranched alkanes of at least 4 members (excludes halogenated alkanes) is 1. The maximum absolute atomic E-state index is 12.4. The highest BCUT2D eigenvalue weighted by atomic mass is 16.4. The minimum atomic E-state index is -0.825. The van der Waals surface area contributed by atoms with Gasteiger partial charge in [-0.3, -0.25) is 4.79 Å². The average molecular weight is 267 g/mol. The molecular formula is C15H25NO3. The zero-order chi connectivity index (χ0) is 13.8. The highest BCUT2D eigenvalue weighted by Crippen LogP contribution is 2.38. The topological polar surface area (TPSA) is 57.6 Å². The Bertz CT molecular complexity index is 342. The van der Waals surface area contributed by atoms with Crippen molar-refractivity contribution in [2.24, 2.45) is 5.92 Å². The SMILES string of the molecule is CCCCC(=O)N1C(C(=O)O)CCC2CCCCC21. The van der Waals surface area contributed by atoms with Crippen LogP contribution in [0.15, 0.2) is 0 Å². The van der Waals surface area contributed by atoms with E-state index < -0.39 is 12.0 Å². The summed E-state index contributed by atoms with van der Waals surface area (Å²) in [5.41, 5.74) is 0. The zero-order valence-electron chi connectivity index (χ0n) is 11.8. The number of fused-ring (bicyclic) bond motifs is 1. The second-order valence-corrected chi connectivity index (χ2v) is 5.95. The molecule has 1 heterocycles. The molecule has 0 aromatic rings. The van der Waals surface area contributed by atoms with E-state index in [1.165, 1.54) is 6.42 Å². The number of carbonyl (C=O) groups is 2. The van der Waals surface area contributed by atoms with Crippen LogP contribution < -0.4 is 0 Å². The molecule has 0 bridgehead atoms. The van der Waals surface area contributed by atoms with Gasteiger partial charge in [0.05, 0.1) is 0 Å². The highest BCUT2D eigenvalue weighted by molar-refractivity contribution is 5.84. The van der Waals surface area contributed by atoms with Gasteiger partial charge in [-0.15, -0.1) is 0 Å². The predicted octanol–water partition coefficient (Wildman–Crippen LogP) is 2.81. The van der Waals surface area contributed by atoms with Crippen LogP contribution in [0.4, 0.5) is 0 Å². The van der Waals surface area contributed by atoms with E-state index in [9.17, 15) is 14.7 Å². The van der Waals surface area contributed by atoms with Crippen molar-refractivity contribution in [2.75, 3.05) is 0 Å². The number of hydrogen-bond donors (Lipinski definition) is 1. The average Bonchev–Trinajstić information content (AvgIpc) is 2.43. The van der Waals surface area contributed by atoms with Gasteiger partial charge in [0.1, 0.15) is 6.04 Å². The molecule has 1 saturated carbocycles. The summed E-state index contributed by atoms with van der Waals surface area (Å²) in [5, 5.41) is 9.38. The van der Waals surface area contributed by atoms with E-state index in [2.05, 4.69) is 6.92 Å². The molecule has 3 atom stereocenters. The van der Waals surface area contributed by atoms with Crippen molar-refractivity contribution >= 4 is 11.9 Å². The van der Waals surface area contributed by atoms with Gasteiger partial charge in [-0.25, -0.2) is 4.79 Å². The minimum Gasteiger partial charge on any atom is -0.480 e. The first kappa shape index (κ1) is 14.4. The van der Waals surface area contributed by atoms with Crippen LogP contribution in [0.5, 0.6) is 0 Å². The third kappa shape index (κ3) is 3.10. The third-order valence-electron chi connectivity index (χ3n) is 4.69. The number of piperidine rings is 1. The first-order valence-electron chi connectivity index (χ1n) is 7.69. The normalized spacial score (nSPS) is 30.8. The van der Waals surface area contributed by atoms with Gasteiger partial charge in [0.25, 0.3) is 0 Å². The van der Waals surface area contributed by atoms with E-state index in [0.717, 1.165) is 38.5 Å². The summed E-state index contributed by atoms with van der Waals surface area (Å²) in [7, 11) is 0. The number of aliphatic carboxylic acids is 1. The Morgan fingerprint density at radius 1 is 1.16 bits per heavy atom. The van der Waals surface area contributed by atoms with E-state index in [0.29, 0.717) is 18.8 Å². The highest BCUT2D eigenvalue weighted by Gasteiger charge is 2.43. The fourth-order valence-corrected chi connectivity index (χ4v) is 3.69. The molecule has 2 rings (SSSR count). The van der Waals surface area contributed by atoms with Crippen LogP contribution >= 0.6 is 0 Å². The minimum absolute atomic E-state index is 0.0610. The molecule has 2 aliphatic rings. The van der Waals surface area contributed by atoms with Crippen LogP contribution in [0.2, 0.25) is 0 Å². The monoisotopic (exact) mass is 267 g/mol. The molecule has 0 aromatic carbocycles. The lowest BCUT2D eigenvalue weighted by Gasteiger charge is -2.47. The lowest BCUT2D eigenvalue weighted by molar-refractivity contribution is -0.158. The van der Waals surface area contributed by atoms with Crippen molar-refractivity contribution in [3.05, 3.63) is 0 Å². The van der Waals surface area contributed by atoms with Crippen LogP contribution in [-0.2, 0) is 9.59 Å². The number of rotatable bonds is 4. The number of carbonyl (C=O) groups excluding carboxylic acids is 1. The molecule has 0 radical (unpaired) electrons. The standard InChI is InChI=1S/C15H25NO3/c1-2-3-8-14(17)16-12-7-5-4-6-11(12)9-10-13(16)15(18)19/h11-13H,2-10H2,1H3,(H,18,19). The number of likely N-dealkylation sites (tertiary alicyclic amines) is 1. The zero-order valence-corrected chi connectivity index (χ0v) is 11.8. The molecule has 19 heavy (non-hydrogen) atoms. The van der Waals surface area contributed by atoms with Crippen molar-refractivity contribution in [3.63, 3.8) is 0 Å². The molecule has 4 heteroatoms. The molecule has 1 N–H and O–H groups in total. The summed E-state index contributed by atoms with van der Waals surface area (Å²) in [5.74, 6) is -0.227. The van der Waals surface area contributed by atoms with Gasteiger partial charge in [0.2, 0.25) is 5.91 Å². The molecule has 1 amide bonds. The number of hydrogen-bond acceptors (Lipinski definition) is 2. The summed E-state index contributed by atoms with van der Waals surface area (Å²) in [6, 6.07) is -0.392. The van der Waals surface area contributed by atoms with Gasteiger partial charge < -0.3 is 10.0 Å². The molecule has 108 valence electrons. The molecule has 1 aliphatic heterocycles. The molecule has 0 spiro atoms. The maximum Gasteiger partial charge on any atom is 0.326 e. The smallest absolute Gasteiger partial charge is 0.326 e. The summed E-state index contributed by atoms with van der Waals surface area (Å²) < 4.78 is 0. The van der Waals surface area contributed by atoms with Gasteiger partial charge in [-0.2, -0.15) is 0 Å². The number of carboxylic acid groups (broad SMARTS) is 1. The Morgan fingerprint density at radius 3 is 2.58 bits per heavy atom. The van der Waals surface area contributed by atoms with Crippen molar-refractivity contribution in [2.45, 2.75) is 76.8 Å². The summed E-state index contributed by atoms with van der Waals surface area (Å²) in [6.07, 6.45) is 8.46. The van der Waals surface area contributed by atoms with Crippen molar-refractivity contribution in [3.8, 4) is 0 Å². The van der Waals surface area contributed by atoms with Crippen molar-refractivity contribution < 1.29 is 14.7 Å². The van der Waals surface area contributed by atoms with E-state index in [4.69, 9.17) is 0 Å². The second kappa shape index (κ2) is 6.40. The maximum atomic E-state index is 12.4. The number of nitrogens with zero attached hydrogens (tertiary/aromatic N) is 1. The van der Waals surface area contributed by atoms with E-state index >= 15 is 0 Å². The second-order valence-electron chi connectivity index (χ2n) is 5.95. The molecule has 1 saturated heterocycles. The Kier molecular flexibility index (Phi) is 4.83. The van der Waals surface area contributed by atoms with Gasteiger partial charge in [0.15, 0.2) is 0 Å². The largest absolute Gasteiger partial charge is 0.480 e. The van der Waals surface area contributed by atoms with Gasteiger partial charge >= 0.3 is 5.97 Å². The number of amides is 1. The Morgan fingerprint density at radius 2 is 1.89 bits per heavy atom. The van der Waals surface area contributed by atoms with E-state index in [-0.39, 0.29) is 11.9 Å². The quantitative estimate of drug-likeness (QED) is 0.852. The van der Waals surface area contributed by atoms with Crippen LogP contribution in [0.25, 0.3) is 0 Å². The predicted molar refractivity (Wildman–Crippen MR) is 72.8 cm³/mol. The molecular weight excluding hydrogens is 242 g/mol. The van der Waals surface area contributed by atoms with Gasteiger partial charge in [-0.05, 0) is 38.0 Å². The fourth-order valence-electron chi connectivity index (χ4n) is 3.69. The van der Waals surface area contributed by atoms with Gasteiger partial charge in [0, 0.05) is 12.5 Å². The van der Waals surface area contributed by atoms with Crippen LogP contribution in [0, 0.1) is 5.92 Å². The summed E-state index contributed by atoms with van der Waals surface area (Å²) in [6.45, 7) is 2.06. The Balaban J connectivity index is 2.14. The van der Waals surface area contributed by atoms with Gasteiger partial charge in [-0.1, -0.05) is 26.2 Å². The number of carboxylic acids is 1. The van der Waals surface area contributed by atoms with Crippen molar-refractivity contribution in [1.29, 1.82) is 0 Å². The van der Waals surface area contributed by atoms with Crippen LogP contribution in [0.3, 0.4) is 0 Å².